The normalized spacial score (nSPS) is 13.8. The smallest absolute Gasteiger partial charge is 0.164 e. The van der Waals surface area contributed by atoms with Crippen LogP contribution in [0.2, 0.25) is 0 Å². The standard InChI is InChI=1S/C51H35N5/c1-4-14-34(15-5-1)49-52-50(35-16-6-2-7-17-35)54-51(53-49)36-24-28-40(29-25-36)56-46-23-13-11-21-42(46)44-33-38(27-31-48(44)56)37-26-30-47-43(32-37)41-20-10-12-22-45(41)55(47)39-18-8-3-9-19-39/h1-25,27-33,37H,26H2. The molecule has 3 aromatic heterocycles. The lowest BCUT2D eigenvalue weighted by Gasteiger charge is -2.15. The first-order valence-electron chi connectivity index (χ1n) is 19.1. The number of nitrogens with zero attached hydrogens (tertiary/aromatic N) is 5. The summed E-state index contributed by atoms with van der Waals surface area (Å²) in [6.45, 7) is 0. The molecule has 10 aromatic rings. The summed E-state index contributed by atoms with van der Waals surface area (Å²) in [5, 5.41) is 6.38. The van der Waals surface area contributed by atoms with Crippen molar-refractivity contribution in [3.8, 4) is 45.5 Å². The van der Waals surface area contributed by atoms with Crippen molar-refractivity contribution in [1.29, 1.82) is 0 Å². The van der Waals surface area contributed by atoms with Gasteiger partial charge in [0, 0.05) is 60.7 Å². The summed E-state index contributed by atoms with van der Waals surface area (Å²) in [5.41, 5.74) is 10.1. The van der Waals surface area contributed by atoms with Gasteiger partial charge in [-0.15, -0.1) is 0 Å². The van der Waals surface area contributed by atoms with Crippen LogP contribution in [0.15, 0.2) is 182 Å². The third kappa shape index (κ3) is 5.36. The van der Waals surface area contributed by atoms with Gasteiger partial charge in [-0.1, -0.05) is 133 Å². The molecule has 0 fully saturated rings. The van der Waals surface area contributed by atoms with E-state index in [0.29, 0.717) is 17.5 Å². The van der Waals surface area contributed by atoms with Crippen LogP contribution in [0.25, 0.3) is 90.4 Å². The van der Waals surface area contributed by atoms with Crippen LogP contribution in [0.5, 0.6) is 0 Å². The highest BCUT2D eigenvalue weighted by molar-refractivity contribution is 6.09. The lowest BCUT2D eigenvalue weighted by molar-refractivity contribution is 0.909. The average molecular weight is 718 g/mol. The molecule has 1 aliphatic carbocycles. The Morgan fingerprint density at radius 1 is 0.411 bits per heavy atom. The van der Waals surface area contributed by atoms with Crippen molar-refractivity contribution in [3.63, 3.8) is 0 Å². The summed E-state index contributed by atoms with van der Waals surface area (Å²) in [6.07, 6.45) is 5.86. The molecular formula is C51H35N5. The maximum absolute atomic E-state index is 4.96. The number of hydrogen-bond acceptors (Lipinski definition) is 3. The second-order valence-corrected chi connectivity index (χ2v) is 14.4. The summed E-state index contributed by atoms with van der Waals surface area (Å²) >= 11 is 0. The minimum Gasteiger partial charge on any atom is -0.310 e. The van der Waals surface area contributed by atoms with Crippen LogP contribution in [0.3, 0.4) is 0 Å². The number of aromatic nitrogens is 5. The van der Waals surface area contributed by atoms with Crippen molar-refractivity contribution in [3.05, 3.63) is 198 Å². The molecule has 264 valence electrons. The van der Waals surface area contributed by atoms with Crippen LogP contribution in [0, 0.1) is 0 Å². The fourth-order valence-corrected chi connectivity index (χ4v) is 8.45. The number of fused-ring (bicyclic) bond motifs is 6. The van der Waals surface area contributed by atoms with Crippen LogP contribution in [0.1, 0.15) is 17.9 Å². The summed E-state index contributed by atoms with van der Waals surface area (Å²) < 4.78 is 4.78. The molecule has 0 saturated heterocycles. The molecule has 1 aliphatic rings. The van der Waals surface area contributed by atoms with Gasteiger partial charge < -0.3 is 9.13 Å². The molecule has 0 spiro atoms. The molecule has 0 bridgehead atoms. The summed E-state index contributed by atoms with van der Waals surface area (Å²) in [7, 11) is 0. The number of rotatable bonds is 6. The maximum Gasteiger partial charge on any atom is 0.164 e. The molecule has 3 heterocycles. The lowest BCUT2D eigenvalue weighted by Crippen LogP contribution is -2.31. The molecule has 0 amide bonds. The third-order valence-corrected chi connectivity index (χ3v) is 11.1. The van der Waals surface area contributed by atoms with E-state index in [1.165, 1.54) is 54.5 Å². The quantitative estimate of drug-likeness (QED) is 0.172. The third-order valence-electron chi connectivity index (χ3n) is 11.1. The van der Waals surface area contributed by atoms with Gasteiger partial charge in [0.1, 0.15) is 0 Å². The van der Waals surface area contributed by atoms with Crippen LogP contribution in [-0.4, -0.2) is 24.1 Å². The number of para-hydroxylation sites is 3. The molecule has 5 nitrogen and oxygen atoms in total. The first-order valence-corrected chi connectivity index (χ1v) is 19.1. The SMILES string of the molecule is C1=c2c(n(-c3ccccc3)c3ccccc23)=CCC1c1ccc2c(c1)c1ccccc1n2-c1ccc(-c2nc(-c3ccccc3)nc(-c3ccccc3)n2)cc1. The van der Waals surface area contributed by atoms with Crippen molar-refractivity contribution in [1.82, 2.24) is 24.1 Å². The Bertz CT molecular complexity index is 3140. The molecular weight excluding hydrogens is 683 g/mol. The van der Waals surface area contributed by atoms with Gasteiger partial charge in [0.25, 0.3) is 0 Å². The Balaban J connectivity index is 0.994. The largest absolute Gasteiger partial charge is 0.310 e. The minimum absolute atomic E-state index is 0.269. The Morgan fingerprint density at radius 3 is 1.55 bits per heavy atom. The van der Waals surface area contributed by atoms with Gasteiger partial charge in [-0.25, -0.2) is 15.0 Å². The second kappa shape index (κ2) is 13.2. The van der Waals surface area contributed by atoms with Gasteiger partial charge in [-0.3, -0.25) is 0 Å². The van der Waals surface area contributed by atoms with Crippen molar-refractivity contribution in [2.75, 3.05) is 0 Å². The van der Waals surface area contributed by atoms with Crippen molar-refractivity contribution in [2.24, 2.45) is 0 Å². The molecule has 0 saturated carbocycles. The monoisotopic (exact) mass is 717 g/mol. The van der Waals surface area contributed by atoms with Crippen LogP contribution in [0.4, 0.5) is 0 Å². The van der Waals surface area contributed by atoms with E-state index in [-0.39, 0.29) is 5.92 Å². The minimum atomic E-state index is 0.269. The summed E-state index contributed by atoms with van der Waals surface area (Å²) in [6, 6.07) is 64.1. The molecule has 56 heavy (non-hydrogen) atoms. The Labute approximate surface area is 323 Å². The summed E-state index contributed by atoms with van der Waals surface area (Å²) in [5.74, 6) is 2.22. The number of benzene rings is 7. The van der Waals surface area contributed by atoms with Crippen molar-refractivity contribution >= 4 is 44.9 Å². The lowest BCUT2D eigenvalue weighted by atomic mass is 9.90. The molecule has 0 radical (unpaired) electrons. The first-order chi connectivity index (χ1) is 27.8. The van der Waals surface area contributed by atoms with Gasteiger partial charge in [-0.2, -0.15) is 0 Å². The van der Waals surface area contributed by atoms with E-state index in [1.807, 2.05) is 60.7 Å². The number of hydrogen-bond donors (Lipinski definition) is 0. The molecule has 1 atom stereocenters. The van der Waals surface area contributed by atoms with E-state index in [4.69, 9.17) is 15.0 Å². The molecule has 0 aliphatic heterocycles. The zero-order chi connectivity index (χ0) is 37.0. The zero-order valence-corrected chi connectivity index (χ0v) is 30.5. The molecule has 7 aromatic carbocycles. The summed E-state index contributed by atoms with van der Waals surface area (Å²) in [4.78, 5) is 14.8. The van der Waals surface area contributed by atoms with Crippen LogP contribution < -0.4 is 10.6 Å². The van der Waals surface area contributed by atoms with E-state index in [0.717, 1.165) is 28.8 Å². The van der Waals surface area contributed by atoms with Gasteiger partial charge in [-0.05, 0) is 72.6 Å². The van der Waals surface area contributed by atoms with E-state index < -0.39 is 0 Å². The highest BCUT2D eigenvalue weighted by atomic mass is 15.0. The predicted octanol–water partition coefficient (Wildman–Crippen LogP) is 10.7. The first kappa shape index (κ1) is 32.1. The van der Waals surface area contributed by atoms with Crippen LogP contribution >= 0.6 is 0 Å². The Kier molecular flexibility index (Phi) is 7.56. The molecule has 0 N–H and O–H groups in total. The van der Waals surface area contributed by atoms with E-state index in [1.54, 1.807) is 0 Å². The van der Waals surface area contributed by atoms with Crippen LogP contribution in [-0.2, 0) is 0 Å². The Morgan fingerprint density at radius 2 is 0.911 bits per heavy atom. The molecule has 11 rings (SSSR count). The zero-order valence-electron chi connectivity index (χ0n) is 30.5. The van der Waals surface area contributed by atoms with Crippen molar-refractivity contribution < 1.29 is 0 Å². The van der Waals surface area contributed by atoms with Gasteiger partial charge >= 0.3 is 0 Å². The highest BCUT2D eigenvalue weighted by Gasteiger charge is 2.20. The van der Waals surface area contributed by atoms with Gasteiger partial charge in [0.15, 0.2) is 17.5 Å². The topological polar surface area (TPSA) is 48.5 Å². The molecule has 5 heteroatoms. The fraction of sp³-hybridized carbons (Fsp3) is 0.0392. The fourth-order valence-electron chi connectivity index (χ4n) is 8.45. The van der Waals surface area contributed by atoms with E-state index in [2.05, 4.69) is 143 Å². The average Bonchev–Trinajstić information content (AvgIpc) is 3.79. The highest BCUT2D eigenvalue weighted by Crippen LogP contribution is 2.36. The van der Waals surface area contributed by atoms with Gasteiger partial charge in [0.2, 0.25) is 0 Å². The predicted molar refractivity (Wildman–Crippen MR) is 229 cm³/mol. The Hall–Kier alpha value is -7.37. The van der Waals surface area contributed by atoms with E-state index >= 15 is 0 Å². The van der Waals surface area contributed by atoms with Gasteiger partial charge in [0.05, 0.1) is 16.6 Å². The molecule has 1 unspecified atom stereocenters. The van der Waals surface area contributed by atoms with E-state index in [9.17, 15) is 0 Å². The van der Waals surface area contributed by atoms with Crippen molar-refractivity contribution in [2.45, 2.75) is 12.3 Å². The maximum atomic E-state index is 4.96. The second-order valence-electron chi connectivity index (χ2n) is 14.4.